The van der Waals surface area contributed by atoms with Crippen LogP contribution in [0.2, 0.25) is 4.34 Å². The number of anilines is 1. The number of ketones is 1. The van der Waals surface area contributed by atoms with E-state index < -0.39 is 21.4 Å². The van der Waals surface area contributed by atoms with E-state index in [0.29, 0.717) is 19.8 Å². The third-order valence-corrected chi connectivity index (χ3v) is 8.36. The van der Waals surface area contributed by atoms with Gasteiger partial charge in [-0.15, -0.1) is 11.3 Å². The fourth-order valence-electron chi connectivity index (χ4n) is 2.81. The number of sulfonamides is 1. The Balaban J connectivity index is 1.63. The van der Waals surface area contributed by atoms with Gasteiger partial charge in [-0.1, -0.05) is 27.5 Å². The number of hydrogen-bond donors (Lipinski definition) is 1. The van der Waals surface area contributed by atoms with E-state index in [2.05, 4.69) is 36.6 Å². The van der Waals surface area contributed by atoms with Crippen molar-refractivity contribution in [2.24, 2.45) is 0 Å². The summed E-state index contributed by atoms with van der Waals surface area (Å²) in [6, 6.07) is 13.6. The average molecular weight is 604 g/mol. The van der Waals surface area contributed by atoms with Gasteiger partial charge in [0.2, 0.25) is 0 Å². The van der Waals surface area contributed by atoms with Gasteiger partial charge in [0, 0.05) is 21.1 Å². The highest BCUT2D eigenvalue weighted by Crippen LogP contribution is 2.29. The molecule has 31 heavy (non-hydrogen) atoms. The zero-order valence-corrected chi connectivity index (χ0v) is 20.7. The molecule has 0 amide bonds. The lowest BCUT2D eigenvalue weighted by Gasteiger charge is -2.07. The second kappa shape index (κ2) is 8.51. The van der Waals surface area contributed by atoms with E-state index in [9.17, 15) is 18.0 Å². The topological polar surface area (TPSA) is 93.4 Å². The highest BCUT2D eigenvalue weighted by molar-refractivity contribution is 9.11. The molecule has 158 valence electrons. The highest BCUT2D eigenvalue weighted by atomic mass is 79.9. The summed E-state index contributed by atoms with van der Waals surface area (Å²) in [6.07, 6.45) is 0. The summed E-state index contributed by atoms with van der Waals surface area (Å²) >= 11 is 13.4. The number of carbonyl (C=O) groups excluding carboxylic acids is 1. The number of carbonyl (C=O) groups is 1. The Morgan fingerprint density at radius 3 is 2.39 bits per heavy atom. The molecule has 1 N–H and O–H groups in total. The number of halogens is 3. The molecule has 2 aromatic carbocycles. The fourth-order valence-corrected chi connectivity index (χ4v) is 6.69. The first-order chi connectivity index (χ1) is 14.6. The highest BCUT2D eigenvalue weighted by Gasteiger charge is 2.19. The number of fused-ring (bicyclic) bond motifs is 1. The molecule has 11 heteroatoms. The zero-order valence-electron chi connectivity index (χ0n) is 15.2. The van der Waals surface area contributed by atoms with Crippen molar-refractivity contribution in [3.8, 4) is 0 Å². The van der Waals surface area contributed by atoms with Crippen molar-refractivity contribution in [1.29, 1.82) is 0 Å². The van der Waals surface area contributed by atoms with Gasteiger partial charge in [-0.05, 0) is 70.5 Å². The van der Waals surface area contributed by atoms with Crippen LogP contribution in [0.3, 0.4) is 0 Å². The third kappa shape index (κ3) is 4.63. The predicted octanol–water partition coefficient (Wildman–Crippen LogP) is 6.06. The molecule has 0 atom stereocenters. The summed E-state index contributed by atoms with van der Waals surface area (Å²) in [4.78, 5) is 25.2. The SMILES string of the molecule is O=C(c1ccc(NS(=O)(=O)c2ccc(Cl)s2)cc1)c1cc2cc(Br)cc(Br)c2oc1=O. The van der Waals surface area contributed by atoms with Crippen LogP contribution in [0.15, 0.2) is 77.0 Å². The van der Waals surface area contributed by atoms with Crippen molar-refractivity contribution in [3.63, 3.8) is 0 Å². The van der Waals surface area contributed by atoms with Gasteiger partial charge in [0.1, 0.15) is 9.77 Å². The van der Waals surface area contributed by atoms with Crippen LogP contribution < -0.4 is 10.3 Å². The van der Waals surface area contributed by atoms with Gasteiger partial charge in [0.05, 0.1) is 8.81 Å². The minimum absolute atomic E-state index is 0.0729. The summed E-state index contributed by atoms with van der Waals surface area (Å²) < 4.78 is 34.3. The van der Waals surface area contributed by atoms with Gasteiger partial charge in [0.25, 0.3) is 10.0 Å². The van der Waals surface area contributed by atoms with Crippen LogP contribution in [-0.2, 0) is 10.0 Å². The van der Waals surface area contributed by atoms with E-state index in [1.54, 1.807) is 12.1 Å². The average Bonchev–Trinajstić information content (AvgIpc) is 3.15. The summed E-state index contributed by atoms with van der Waals surface area (Å²) in [5.41, 5.74) is -0.0792. The van der Waals surface area contributed by atoms with Gasteiger partial charge in [-0.3, -0.25) is 9.52 Å². The first-order valence-electron chi connectivity index (χ1n) is 8.50. The van der Waals surface area contributed by atoms with Crippen LogP contribution in [0.5, 0.6) is 0 Å². The first kappa shape index (κ1) is 22.2. The Morgan fingerprint density at radius 2 is 1.74 bits per heavy atom. The molecule has 0 fully saturated rings. The Morgan fingerprint density at radius 1 is 1.03 bits per heavy atom. The molecule has 0 unspecified atom stereocenters. The molecule has 0 aliphatic rings. The maximum atomic E-state index is 12.9. The molecule has 0 saturated heterocycles. The summed E-state index contributed by atoms with van der Waals surface area (Å²) in [6.45, 7) is 0. The van der Waals surface area contributed by atoms with E-state index in [1.165, 1.54) is 42.5 Å². The fraction of sp³-hybridized carbons (Fsp3) is 0. The zero-order chi connectivity index (χ0) is 22.3. The molecule has 4 aromatic rings. The van der Waals surface area contributed by atoms with Crippen molar-refractivity contribution in [2.45, 2.75) is 4.21 Å². The van der Waals surface area contributed by atoms with Crippen LogP contribution >= 0.6 is 54.8 Å². The van der Waals surface area contributed by atoms with Crippen LogP contribution in [0.1, 0.15) is 15.9 Å². The normalized spacial score (nSPS) is 11.6. The summed E-state index contributed by atoms with van der Waals surface area (Å²) in [5.74, 6) is -0.536. The smallest absolute Gasteiger partial charge is 0.347 e. The van der Waals surface area contributed by atoms with Crippen molar-refractivity contribution >= 4 is 87.3 Å². The Labute approximate surface area is 202 Å². The van der Waals surface area contributed by atoms with Crippen LogP contribution in [0.25, 0.3) is 11.0 Å². The molecule has 2 aromatic heterocycles. The van der Waals surface area contributed by atoms with E-state index in [4.69, 9.17) is 16.0 Å². The second-order valence-electron chi connectivity index (χ2n) is 6.32. The molecule has 0 spiro atoms. The summed E-state index contributed by atoms with van der Waals surface area (Å²) in [7, 11) is -3.79. The number of thiophene rings is 1. The minimum atomic E-state index is -3.79. The molecule has 0 radical (unpaired) electrons. The first-order valence-corrected chi connectivity index (χ1v) is 12.8. The molecule has 0 aliphatic carbocycles. The molecule has 0 bridgehead atoms. The maximum absolute atomic E-state index is 12.9. The quantitative estimate of drug-likeness (QED) is 0.221. The lowest BCUT2D eigenvalue weighted by atomic mass is 10.0. The predicted molar refractivity (Wildman–Crippen MR) is 128 cm³/mol. The van der Waals surface area contributed by atoms with E-state index in [1.807, 2.05) is 0 Å². The number of hydrogen-bond acceptors (Lipinski definition) is 6. The Kier molecular flexibility index (Phi) is 6.10. The van der Waals surface area contributed by atoms with Crippen LogP contribution in [0.4, 0.5) is 5.69 Å². The molecule has 0 aliphatic heterocycles. The maximum Gasteiger partial charge on any atom is 0.347 e. The van der Waals surface area contributed by atoms with Gasteiger partial charge in [-0.2, -0.15) is 0 Å². The van der Waals surface area contributed by atoms with Crippen LogP contribution in [0, 0.1) is 0 Å². The van der Waals surface area contributed by atoms with Crippen molar-refractivity contribution in [2.75, 3.05) is 4.72 Å². The van der Waals surface area contributed by atoms with Crippen molar-refractivity contribution in [3.05, 3.63) is 89.4 Å². The Hall–Kier alpha value is -1.98. The van der Waals surface area contributed by atoms with Gasteiger partial charge < -0.3 is 4.42 Å². The van der Waals surface area contributed by atoms with E-state index >= 15 is 0 Å². The molecular weight excluding hydrogens is 594 g/mol. The van der Waals surface area contributed by atoms with E-state index in [-0.39, 0.29) is 21.0 Å². The number of rotatable bonds is 5. The second-order valence-corrected chi connectivity index (χ2v) is 11.7. The third-order valence-electron chi connectivity index (χ3n) is 4.21. The molecule has 0 saturated carbocycles. The lowest BCUT2D eigenvalue weighted by Crippen LogP contribution is -2.15. The molecule has 4 rings (SSSR count). The largest absolute Gasteiger partial charge is 0.421 e. The van der Waals surface area contributed by atoms with Crippen LogP contribution in [-0.4, -0.2) is 14.2 Å². The lowest BCUT2D eigenvalue weighted by molar-refractivity contribution is 0.103. The number of benzene rings is 2. The molecular formula is C20H10Br2ClNO5S2. The van der Waals surface area contributed by atoms with Gasteiger partial charge in [0.15, 0.2) is 11.4 Å². The Bertz CT molecular complexity index is 1490. The number of nitrogens with one attached hydrogen (secondary N) is 1. The van der Waals surface area contributed by atoms with Gasteiger partial charge in [-0.25, -0.2) is 13.2 Å². The molecule has 2 heterocycles. The van der Waals surface area contributed by atoms with E-state index in [0.717, 1.165) is 15.8 Å². The minimum Gasteiger partial charge on any atom is -0.421 e. The van der Waals surface area contributed by atoms with Gasteiger partial charge >= 0.3 is 5.63 Å². The standard InChI is InChI=1S/C20H10Br2ClNO5S2/c21-12-7-11-8-14(20(26)29-19(11)15(22)9-12)18(25)10-1-3-13(4-2-10)24-31(27,28)17-6-5-16(23)30-17/h1-9,24H. The monoisotopic (exact) mass is 601 g/mol. The van der Waals surface area contributed by atoms with Crippen molar-refractivity contribution < 1.29 is 17.6 Å². The summed E-state index contributed by atoms with van der Waals surface area (Å²) in [5, 5.41) is 0.572. The van der Waals surface area contributed by atoms with Crippen molar-refractivity contribution in [1.82, 2.24) is 0 Å². The molecule has 6 nitrogen and oxygen atoms in total.